The van der Waals surface area contributed by atoms with E-state index >= 15 is 0 Å². The molecule has 0 aromatic carbocycles. The van der Waals surface area contributed by atoms with Gasteiger partial charge in [-0.25, -0.2) is 4.98 Å². The number of hydrogen-bond acceptors (Lipinski definition) is 4. The predicted molar refractivity (Wildman–Crippen MR) is 76.5 cm³/mol. The molecule has 6 heteroatoms. The maximum atomic E-state index is 6.11. The van der Waals surface area contributed by atoms with E-state index in [1.54, 1.807) is 23.6 Å². The first-order valence-corrected chi connectivity index (χ1v) is 7.04. The number of hydrogen-bond donors (Lipinski definition) is 1. The zero-order valence-corrected chi connectivity index (χ0v) is 12.4. The van der Waals surface area contributed by atoms with Crippen molar-refractivity contribution in [2.75, 3.05) is 0 Å². The Morgan fingerprint density at radius 3 is 2.67 bits per heavy atom. The number of halogens is 2. The Morgan fingerprint density at radius 1 is 1.39 bits per heavy atom. The molecule has 0 aliphatic heterocycles. The largest absolute Gasteiger partial charge is 0.322 e. The second kappa shape index (κ2) is 5.53. The highest BCUT2D eigenvalue weighted by atomic mass is 35.5. The molecule has 2 N–H and O–H groups in total. The van der Waals surface area contributed by atoms with Crippen LogP contribution in [0.3, 0.4) is 0 Å². The number of aryl methyl sites for hydroxylation is 2. The zero-order valence-electron chi connectivity index (χ0n) is 10.1. The van der Waals surface area contributed by atoms with Crippen LogP contribution in [0.15, 0.2) is 12.3 Å². The summed E-state index contributed by atoms with van der Waals surface area (Å²) in [5.74, 6) is 0. The van der Waals surface area contributed by atoms with Gasteiger partial charge < -0.3 is 5.73 Å². The minimum Gasteiger partial charge on any atom is -0.322 e. The van der Waals surface area contributed by atoms with Gasteiger partial charge in [0.2, 0.25) is 0 Å². The zero-order chi connectivity index (χ0) is 13.3. The molecule has 0 saturated carbocycles. The first-order valence-electron chi connectivity index (χ1n) is 5.47. The number of aromatic nitrogens is 2. The third-order valence-corrected chi connectivity index (χ3v) is 4.26. The smallest absolute Gasteiger partial charge is 0.0950 e. The van der Waals surface area contributed by atoms with Gasteiger partial charge in [0.25, 0.3) is 0 Å². The molecule has 0 radical (unpaired) electrons. The van der Waals surface area contributed by atoms with Crippen LogP contribution in [0.4, 0.5) is 0 Å². The van der Waals surface area contributed by atoms with E-state index in [9.17, 15) is 0 Å². The molecule has 1 unspecified atom stereocenters. The first-order chi connectivity index (χ1) is 8.47. The van der Waals surface area contributed by atoms with Gasteiger partial charge in [-0.3, -0.25) is 4.98 Å². The minimum atomic E-state index is -0.264. The molecule has 0 aliphatic carbocycles. The number of nitrogens with zero attached hydrogens (tertiary/aromatic N) is 2. The lowest BCUT2D eigenvalue weighted by molar-refractivity contribution is 0.692. The maximum Gasteiger partial charge on any atom is 0.0950 e. The van der Waals surface area contributed by atoms with E-state index in [0.717, 1.165) is 10.7 Å². The SMILES string of the molecule is Cc1nc(CC(N)c2ncc(Cl)cc2Cl)sc1C. The van der Waals surface area contributed by atoms with Crippen molar-refractivity contribution in [1.29, 1.82) is 0 Å². The molecule has 2 aromatic rings. The fourth-order valence-electron chi connectivity index (χ4n) is 1.61. The summed E-state index contributed by atoms with van der Waals surface area (Å²) in [4.78, 5) is 9.87. The molecule has 2 rings (SSSR count). The summed E-state index contributed by atoms with van der Waals surface area (Å²) in [6, 6.07) is 1.39. The molecule has 96 valence electrons. The summed E-state index contributed by atoms with van der Waals surface area (Å²) in [6.45, 7) is 4.05. The molecule has 18 heavy (non-hydrogen) atoms. The van der Waals surface area contributed by atoms with Crippen LogP contribution in [0.25, 0.3) is 0 Å². The van der Waals surface area contributed by atoms with Crippen molar-refractivity contribution in [2.24, 2.45) is 5.73 Å². The van der Waals surface area contributed by atoms with E-state index in [-0.39, 0.29) is 6.04 Å². The number of thiazole rings is 1. The van der Waals surface area contributed by atoms with Crippen LogP contribution < -0.4 is 5.73 Å². The molecular weight excluding hydrogens is 289 g/mol. The molecule has 2 heterocycles. The Balaban J connectivity index is 2.19. The van der Waals surface area contributed by atoms with Gasteiger partial charge in [0.15, 0.2) is 0 Å². The Hall–Kier alpha value is -0.680. The van der Waals surface area contributed by atoms with Gasteiger partial charge in [-0.2, -0.15) is 0 Å². The van der Waals surface area contributed by atoms with E-state index in [2.05, 4.69) is 16.9 Å². The van der Waals surface area contributed by atoms with Crippen LogP contribution in [-0.2, 0) is 6.42 Å². The molecule has 0 bridgehead atoms. The molecule has 0 spiro atoms. The highest BCUT2D eigenvalue weighted by Crippen LogP contribution is 2.26. The van der Waals surface area contributed by atoms with Crippen LogP contribution in [0.2, 0.25) is 10.0 Å². The molecule has 3 nitrogen and oxygen atoms in total. The van der Waals surface area contributed by atoms with Gasteiger partial charge in [-0.15, -0.1) is 11.3 Å². The summed E-state index contributed by atoms with van der Waals surface area (Å²) < 4.78 is 0. The van der Waals surface area contributed by atoms with Crippen molar-refractivity contribution in [3.63, 3.8) is 0 Å². The van der Waals surface area contributed by atoms with Crippen molar-refractivity contribution >= 4 is 34.5 Å². The first kappa shape index (κ1) is 13.7. The van der Waals surface area contributed by atoms with Crippen LogP contribution in [-0.4, -0.2) is 9.97 Å². The second-order valence-corrected chi connectivity index (χ2v) is 6.21. The molecule has 2 aromatic heterocycles. The highest BCUT2D eigenvalue weighted by Gasteiger charge is 2.15. The van der Waals surface area contributed by atoms with Gasteiger partial charge in [0, 0.05) is 17.5 Å². The fourth-order valence-corrected chi connectivity index (χ4v) is 3.12. The number of rotatable bonds is 3. The topological polar surface area (TPSA) is 51.8 Å². The maximum absolute atomic E-state index is 6.11. The van der Waals surface area contributed by atoms with Gasteiger partial charge in [-0.05, 0) is 19.9 Å². The van der Waals surface area contributed by atoms with Crippen LogP contribution in [0.5, 0.6) is 0 Å². The lowest BCUT2D eigenvalue weighted by atomic mass is 10.1. The molecular formula is C12H13Cl2N3S. The van der Waals surface area contributed by atoms with E-state index < -0.39 is 0 Å². The van der Waals surface area contributed by atoms with Crippen LogP contribution >= 0.6 is 34.5 Å². The Bertz CT molecular complexity index is 549. The lowest BCUT2D eigenvalue weighted by Crippen LogP contribution is -2.15. The van der Waals surface area contributed by atoms with E-state index in [1.807, 2.05) is 6.92 Å². The van der Waals surface area contributed by atoms with Crippen molar-refractivity contribution < 1.29 is 0 Å². The van der Waals surface area contributed by atoms with Gasteiger partial charge in [0.05, 0.1) is 32.5 Å². The summed E-state index contributed by atoms with van der Waals surface area (Å²) in [7, 11) is 0. The highest BCUT2D eigenvalue weighted by molar-refractivity contribution is 7.11. The number of nitrogens with two attached hydrogens (primary N) is 1. The second-order valence-electron chi connectivity index (χ2n) is 4.08. The van der Waals surface area contributed by atoms with Gasteiger partial charge in [0.1, 0.15) is 0 Å². The van der Waals surface area contributed by atoms with Crippen molar-refractivity contribution in [1.82, 2.24) is 9.97 Å². The monoisotopic (exact) mass is 301 g/mol. The lowest BCUT2D eigenvalue weighted by Gasteiger charge is -2.11. The third-order valence-electron chi connectivity index (χ3n) is 2.65. The molecule has 1 atom stereocenters. The molecule has 0 saturated heterocycles. The Labute approximate surface area is 120 Å². The third kappa shape index (κ3) is 3.01. The average Bonchev–Trinajstić information content (AvgIpc) is 2.57. The summed E-state index contributed by atoms with van der Waals surface area (Å²) in [5.41, 5.74) is 7.83. The quantitative estimate of drug-likeness (QED) is 0.940. The standard InChI is InChI=1S/C12H13Cl2N3S/c1-6-7(2)18-11(17-6)4-10(15)12-9(14)3-8(13)5-16-12/h3,5,10H,4,15H2,1-2H3. The van der Waals surface area contributed by atoms with Crippen molar-refractivity contribution in [3.8, 4) is 0 Å². The molecule has 0 aliphatic rings. The number of pyridine rings is 1. The van der Waals surface area contributed by atoms with Crippen molar-refractivity contribution in [3.05, 3.63) is 43.6 Å². The Kier molecular flexibility index (Phi) is 4.22. The van der Waals surface area contributed by atoms with Crippen molar-refractivity contribution in [2.45, 2.75) is 26.3 Å². The molecule has 0 fully saturated rings. The normalized spacial score (nSPS) is 12.7. The van der Waals surface area contributed by atoms with Gasteiger partial charge in [-0.1, -0.05) is 23.2 Å². The minimum absolute atomic E-state index is 0.264. The van der Waals surface area contributed by atoms with Crippen LogP contribution in [0, 0.1) is 13.8 Å². The van der Waals surface area contributed by atoms with Gasteiger partial charge >= 0.3 is 0 Å². The fraction of sp³-hybridized carbons (Fsp3) is 0.333. The van der Waals surface area contributed by atoms with E-state index in [0.29, 0.717) is 22.2 Å². The van der Waals surface area contributed by atoms with Crippen LogP contribution in [0.1, 0.15) is 27.3 Å². The van der Waals surface area contributed by atoms with E-state index in [4.69, 9.17) is 28.9 Å². The Morgan fingerprint density at radius 2 is 2.11 bits per heavy atom. The summed E-state index contributed by atoms with van der Waals surface area (Å²) >= 11 is 13.5. The molecule has 0 amide bonds. The van der Waals surface area contributed by atoms with E-state index in [1.165, 1.54) is 4.88 Å². The summed E-state index contributed by atoms with van der Waals surface area (Å²) in [5, 5.41) is 2.02. The summed E-state index contributed by atoms with van der Waals surface area (Å²) in [6.07, 6.45) is 2.19. The predicted octanol–water partition coefficient (Wildman–Crippen LogP) is 3.70. The average molecular weight is 302 g/mol.